The Kier molecular flexibility index (Phi) is 4.37. The largest absolute Gasteiger partial charge is 0.418 e. The molecule has 2 N–H and O–H groups in total. The molecule has 0 unspecified atom stereocenters. The maximum absolute atomic E-state index is 13.1. The first-order valence-corrected chi connectivity index (χ1v) is 6.02. The highest BCUT2D eigenvalue weighted by Crippen LogP contribution is 2.43. The molecule has 6 heteroatoms. The molecule has 2 nitrogen and oxygen atoms in total. The van der Waals surface area contributed by atoms with Crippen molar-refractivity contribution in [3.05, 3.63) is 22.2 Å². The van der Waals surface area contributed by atoms with Gasteiger partial charge in [0.1, 0.15) is 0 Å². The van der Waals surface area contributed by atoms with Crippen LogP contribution in [-0.4, -0.2) is 13.1 Å². The van der Waals surface area contributed by atoms with Crippen molar-refractivity contribution in [1.29, 1.82) is 0 Å². The van der Waals surface area contributed by atoms with E-state index < -0.39 is 11.7 Å². The van der Waals surface area contributed by atoms with E-state index in [1.807, 2.05) is 0 Å². The lowest BCUT2D eigenvalue weighted by atomic mass is 10.0. The van der Waals surface area contributed by atoms with Crippen LogP contribution in [0, 0.1) is 6.92 Å². The maximum Gasteiger partial charge on any atom is 0.418 e. The Hall–Kier alpha value is -1.10. The minimum Gasteiger partial charge on any atom is -0.397 e. The van der Waals surface area contributed by atoms with Crippen molar-refractivity contribution in [1.82, 2.24) is 0 Å². The summed E-state index contributed by atoms with van der Waals surface area (Å²) in [7, 11) is 0. The van der Waals surface area contributed by atoms with Gasteiger partial charge < -0.3 is 10.6 Å². The smallest absolute Gasteiger partial charge is 0.397 e. The molecule has 0 aliphatic carbocycles. The molecule has 102 valence electrons. The Morgan fingerprint density at radius 3 is 2.17 bits per heavy atom. The first kappa shape index (κ1) is 15.0. The summed E-state index contributed by atoms with van der Waals surface area (Å²) >= 11 is 5.88. The zero-order valence-electron chi connectivity index (χ0n) is 10.5. The summed E-state index contributed by atoms with van der Waals surface area (Å²) in [6, 6.07) is 1.29. The molecule has 0 atom stereocenters. The van der Waals surface area contributed by atoms with E-state index in [1.165, 1.54) is 13.0 Å². The molecule has 0 aliphatic heterocycles. The van der Waals surface area contributed by atoms with Gasteiger partial charge in [-0.1, -0.05) is 11.6 Å². The van der Waals surface area contributed by atoms with E-state index in [2.05, 4.69) is 0 Å². The lowest BCUT2D eigenvalue weighted by Crippen LogP contribution is -2.26. The monoisotopic (exact) mass is 280 g/mol. The van der Waals surface area contributed by atoms with Gasteiger partial charge in [0.15, 0.2) is 0 Å². The van der Waals surface area contributed by atoms with E-state index in [1.54, 1.807) is 18.7 Å². The van der Waals surface area contributed by atoms with Crippen molar-refractivity contribution in [2.75, 3.05) is 23.7 Å². The Labute approximate surface area is 110 Å². The molecule has 0 fully saturated rings. The highest BCUT2D eigenvalue weighted by atomic mass is 35.5. The minimum atomic E-state index is -4.44. The van der Waals surface area contributed by atoms with Crippen molar-refractivity contribution in [3.8, 4) is 0 Å². The van der Waals surface area contributed by atoms with Crippen molar-refractivity contribution < 1.29 is 13.2 Å². The molecule has 0 amide bonds. The van der Waals surface area contributed by atoms with Crippen LogP contribution in [0.2, 0.25) is 5.02 Å². The van der Waals surface area contributed by atoms with Crippen molar-refractivity contribution in [2.45, 2.75) is 26.9 Å². The van der Waals surface area contributed by atoms with Gasteiger partial charge in [0.25, 0.3) is 0 Å². The molecule has 0 bridgehead atoms. The fraction of sp³-hybridized carbons (Fsp3) is 0.500. The van der Waals surface area contributed by atoms with Crippen LogP contribution in [0.25, 0.3) is 0 Å². The number of alkyl halides is 3. The van der Waals surface area contributed by atoms with E-state index in [0.717, 1.165) is 0 Å². The molecule has 0 aromatic heterocycles. The van der Waals surface area contributed by atoms with E-state index in [9.17, 15) is 13.2 Å². The van der Waals surface area contributed by atoms with Gasteiger partial charge >= 0.3 is 6.18 Å². The number of nitrogens with zero attached hydrogens (tertiary/aromatic N) is 1. The van der Waals surface area contributed by atoms with Crippen LogP contribution in [0.3, 0.4) is 0 Å². The van der Waals surface area contributed by atoms with Gasteiger partial charge in [0.05, 0.1) is 22.0 Å². The lowest BCUT2D eigenvalue weighted by molar-refractivity contribution is -0.137. The number of anilines is 2. The summed E-state index contributed by atoms with van der Waals surface area (Å²) in [5, 5.41) is 0.155. The lowest BCUT2D eigenvalue weighted by Gasteiger charge is -2.27. The zero-order chi connectivity index (χ0) is 14.1. The SMILES string of the molecule is CCN(CC)c1cc(Cl)c(N)c(C)c1C(F)(F)F. The van der Waals surface area contributed by atoms with E-state index >= 15 is 0 Å². The molecule has 0 heterocycles. The van der Waals surface area contributed by atoms with Crippen molar-refractivity contribution >= 4 is 23.0 Å². The number of hydrogen-bond acceptors (Lipinski definition) is 2. The van der Waals surface area contributed by atoms with Gasteiger partial charge in [-0.05, 0) is 32.4 Å². The third kappa shape index (κ3) is 2.66. The first-order chi connectivity index (χ1) is 8.23. The standard InChI is InChI=1S/C12H16ClF3N2/c1-4-18(5-2)9-6-8(13)11(17)7(3)10(9)12(14,15)16/h6H,4-5,17H2,1-3H3. The second kappa shape index (κ2) is 5.26. The molecule has 1 aromatic rings. The van der Waals surface area contributed by atoms with Gasteiger partial charge in [-0.15, -0.1) is 0 Å². The van der Waals surface area contributed by atoms with E-state index in [0.29, 0.717) is 13.1 Å². The summed E-state index contributed by atoms with van der Waals surface area (Å²) in [4.78, 5) is 1.61. The summed E-state index contributed by atoms with van der Waals surface area (Å²) in [6.45, 7) is 5.88. The Balaban J connectivity index is 3.59. The predicted octanol–water partition coefficient (Wildman–Crippen LogP) is 4.10. The number of nitrogens with two attached hydrogens (primary N) is 1. The first-order valence-electron chi connectivity index (χ1n) is 5.64. The second-order valence-corrected chi connectivity index (χ2v) is 4.37. The van der Waals surface area contributed by atoms with Gasteiger partial charge in [-0.2, -0.15) is 13.2 Å². The van der Waals surface area contributed by atoms with Gasteiger partial charge in [0.2, 0.25) is 0 Å². The number of benzene rings is 1. The minimum absolute atomic E-state index is 0.0140. The predicted molar refractivity (Wildman–Crippen MR) is 69.2 cm³/mol. The Morgan fingerprint density at radius 2 is 1.78 bits per heavy atom. The molecule has 0 radical (unpaired) electrons. The molecular weight excluding hydrogens is 265 g/mol. The van der Waals surface area contributed by atoms with Crippen LogP contribution in [0.4, 0.5) is 24.5 Å². The topological polar surface area (TPSA) is 29.3 Å². The summed E-state index contributed by atoms with van der Waals surface area (Å²) < 4.78 is 39.4. The molecule has 0 aliphatic rings. The molecule has 1 aromatic carbocycles. The Bertz CT molecular complexity index is 440. The van der Waals surface area contributed by atoms with Crippen molar-refractivity contribution in [2.24, 2.45) is 0 Å². The van der Waals surface area contributed by atoms with Crippen LogP contribution in [0.1, 0.15) is 25.0 Å². The number of hydrogen-bond donors (Lipinski definition) is 1. The third-order valence-electron chi connectivity index (χ3n) is 2.94. The molecule has 1 rings (SSSR count). The highest BCUT2D eigenvalue weighted by molar-refractivity contribution is 6.33. The van der Waals surface area contributed by atoms with Crippen LogP contribution in [0.5, 0.6) is 0 Å². The molecular formula is C12H16ClF3N2. The summed E-state index contributed by atoms with van der Waals surface area (Å²) in [5.74, 6) is 0. The fourth-order valence-electron chi connectivity index (χ4n) is 1.95. The quantitative estimate of drug-likeness (QED) is 0.845. The Morgan fingerprint density at radius 1 is 1.28 bits per heavy atom. The fourth-order valence-corrected chi connectivity index (χ4v) is 2.19. The second-order valence-electron chi connectivity index (χ2n) is 3.96. The van der Waals surface area contributed by atoms with E-state index in [-0.39, 0.29) is 22.0 Å². The van der Waals surface area contributed by atoms with E-state index in [4.69, 9.17) is 17.3 Å². The van der Waals surface area contributed by atoms with Gasteiger partial charge in [0, 0.05) is 13.1 Å². The zero-order valence-corrected chi connectivity index (χ0v) is 11.3. The van der Waals surface area contributed by atoms with Crippen LogP contribution in [0.15, 0.2) is 6.07 Å². The number of nitrogen functional groups attached to an aromatic ring is 1. The van der Waals surface area contributed by atoms with Gasteiger partial charge in [-0.3, -0.25) is 0 Å². The molecule has 0 saturated carbocycles. The molecule has 18 heavy (non-hydrogen) atoms. The molecule has 0 spiro atoms. The average Bonchev–Trinajstić information content (AvgIpc) is 2.25. The number of halogens is 4. The van der Waals surface area contributed by atoms with Gasteiger partial charge in [-0.25, -0.2) is 0 Å². The average molecular weight is 281 g/mol. The van der Waals surface area contributed by atoms with Crippen LogP contribution < -0.4 is 10.6 Å². The summed E-state index contributed by atoms with van der Waals surface area (Å²) in [5.41, 5.74) is 4.94. The maximum atomic E-state index is 13.1. The van der Waals surface area contributed by atoms with Crippen molar-refractivity contribution in [3.63, 3.8) is 0 Å². The normalized spacial score (nSPS) is 11.7. The highest BCUT2D eigenvalue weighted by Gasteiger charge is 2.37. The van der Waals surface area contributed by atoms with Crippen LogP contribution in [-0.2, 0) is 6.18 Å². The number of rotatable bonds is 3. The third-order valence-corrected chi connectivity index (χ3v) is 3.26. The summed E-state index contributed by atoms with van der Waals surface area (Å²) in [6.07, 6.45) is -4.44. The molecule has 0 saturated heterocycles. The van der Waals surface area contributed by atoms with Crippen LogP contribution >= 0.6 is 11.6 Å².